The molecular weight excluding hydrogens is 394 g/mol. The van der Waals surface area contributed by atoms with Crippen molar-refractivity contribution in [3.05, 3.63) is 11.6 Å². The van der Waals surface area contributed by atoms with Gasteiger partial charge in [0.25, 0.3) is 0 Å². The predicted molar refractivity (Wildman–Crippen MR) is 126 cm³/mol. The number of ketones is 1. The summed E-state index contributed by atoms with van der Waals surface area (Å²) in [6, 6.07) is 0.566. The number of hydrogen-bond acceptors (Lipinski definition) is 3. The third-order valence-electron chi connectivity index (χ3n) is 12.7. The number of nitrogens with one attached hydrogen (secondary N) is 1. The van der Waals surface area contributed by atoms with Crippen LogP contribution in [0.2, 0.25) is 0 Å². The van der Waals surface area contributed by atoms with Gasteiger partial charge in [0.05, 0.1) is 11.7 Å². The lowest BCUT2D eigenvalue weighted by Crippen LogP contribution is -2.49. The van der Waals surface area contributed by atoms with Crippen molar-refractivity contribution in [3.63, 3.8) is 0 Å². The zero-order valence-electron chi connectivity index (χ0n) is 20.7. The molecule has 0 aromatic heterocycles. The summed E-state index contributed by atoms with van der Waals surface area (Å²) >= 11 is 0. The SMILES string of the molecule is C[C@@H]1CN[C@H]2[C@@H](C)[C@@]3(CC[C@H]4C5CCC6=CC(=O)CC[C@]6(C)[C@H]5CC45CC5(C)C3)O[C@@H]2C1. The van der Waals surface area contributed by atoms with Gasteiger partial charge in [-0.25, -0.2) is 0 Å². The number of carbonyl (C=O) groups excluding carboxylic acids is 1. The molecule has 2 saturated heterocycles. The van der Waals surface area contributed by atoms with Gasteiger partial charge in [0.15, 0.2) is 5.78 Å². The van der Waals surface area contributed by atoms with Crippen molar-refractivity contribution in [3.8, 4) is 0 Å². The average molecular weight is 438 g/mol. The minimum absolute atomic E-state index is 0.103. The summed E-state index contributed by atoms with van der Waals surface area (Å²) in [5.41, 5.74) is 2.93. The van der Waals surface area contributed by atoms with Gasteiger partial charge in [0.1, 0.15) is 0 Å². The van der Waals surface area contributed by atoms with E-state index >= 15 is 0 Å². The maximum atomic E-state index is 12.2. The average Bonchev–Trinajstić information content (AvgIpc) is 3.06. The first-order valence-corrected chi connectivity index (χ1v) is 13.8. The maximum absolute atomic E-state index is 12.2. The smallest absolute Gasteiger partial charge is 0.155 e. The second kappa shape index (κ2) is 6.30. The highest BCUT2D eigenvalue weighted by Gasteiger charge is 2.77. The molecule has 1 N–H and O–H groups in total. The van der Waals surface area contributed by atoms with E-state index < -0.39 is 0 Å². The first-order valence-electron chi connectivity index (χ1n) is 13.8. The molecule has 2 heterocycles. The highest BCUT2D eigenvalue weighted by Crippen LogP contribution is 2.83. The van der Waals surface area contributed by atoms with Gasteiger partial charge in [-0.2, -0.15) is 0 Å². The van der Waals surface area contributed by atoms with E-state index in [0.717, 1.165) is 43.1 Å². The molecule has 2 aliphatic heterocycles. The van der Waals surface area contributed by atoms with E-state index in [4.69, 9.17) is 4.74 Å². The maximum Gasteiger partial charge on any atom is 0.155 e. The van der Waals surface area contributed by atoms with Crippen molar-refractivity contribution in [2.24, 2.45) is 45.8 Å². The Kier molecular flexibility index (Phi) is 4.07. The summed E-state index contributed by atoms with van der Waals surface area (Å²) < 4.78 is 7.13. The molecular formula is C29H43NO2. The number of piperidine rings is 1. The van der Waals surface area contributed by atoms with Gasteiger partial charge < -0.3 is 10.1 Å². The zero-order chi connectivity index (χ0) is 22.1. The molecule has 0 amide bonds. The van der Waals surface area contributed by atoms with Crippen LogP contribution < -0.4 is 5.32 Å². The first kappa shape index (κ1) is 20.7. The second-order valence-electron chi connectivity index (χ2n) is 14.1. The molecule has 176 valence electrons. The van der Waals surface area contributed by atoms with Crippen LogP contribution in [0.25, 0.3) is 0 Å². The van der Waals surface area contributed by atoms with E-state index in [9.17, 15) is 4.79 Å². The van der Waals surface area contributed by atoms with Crippen LogP contribution in [0, 0.1) is 45.8 Å². The van der Waals surface area contributed by atoms with Crippen LogP contribution >= 0.6 is 0 Å². The van der Waals surface area contributed by atoms with Gasteiger partial charge in [0, 0.05) is 18.4 Å². The van der Waals surface area contributed by atoms with Crippen LogP contribution in [-0.4, -0.2) is 30.1 Å². The van der Waals surface area contributed by atoms with Crippen LogP contribution in [0.15, 0.2) is 11.6 Å². The summed E-state index contributed by atoms with van der Waals surface area (Å²) in [5.74, 6) is 4.32. The monoisotopic (exact) mass is 437 g/mol. The second-order valence-corrected chi connectivity index (χ2v) is 14.1. The van der Waals surface area contributed by atoms with Crippen LogP contribution in [-0.2, 0) is 9.53 Å². The topological polar surface area (TPSA) is 38.3 Å². The first-order chi connectivity index (χ1) is 15.2. The number of ether oxygens (including phenoxy) is 1. The third kappa shape index (κ3) is 2.43. The van der Waals surface area contributed by atoms with Gasteiger partial charge in [-0.05, 0) is 110 Å². The van der Waals surface area contributed by atoms with Gasteiger partial charge in [0.2, 0.25) is 0 Å². The van der Waals surface area contributed by atoms with E-state index in [0.29, 0.717) is 40.1 Å². The quantitative estimate of drug-likeness (QED) is 0.530. The molecule has 7 rings (SSSR count). The predicted octanol–water partition coefficient (Wildman–Crippen LogP) is 5.68. The number of rotatable bonds is 0. The van der Waals surface area contributed by atoms with E-state index in [2.05, 4.69) is 39.1 Å². The largest absolute Gasteiger partial charge is 0.370 e. The van der Waals surface area contributed by atoms with Crippen molar-refractivity contribution in [1.29, 1.82) is 0 Å². The molecule has 0 radical (unpaired) electrons. The molecule has 3 heteroatoms. The number of hydrogen-bond donors (Lipinski definition) is 1. The fourth-order valence-electron chi connectivity index (χ4n) is 10.9. The zero-order valence-corrected chi connectivity index (χ0v) is 20.7. The van der Waals surface area contributed by atoms with E-state index in [-0.39, 0.29) is 5.60 Å². The lowest BCUT2D eigenvalue weighted by Gasteiger charge is -2.48. The van der Waals surface area contributed by atoms with Crippen molar-refractivity contribution in [1.82, 2.24) is 5.32 Å². The summed E-state index contributed by atoms with van der Waals surface area (Å²) in [4.78, 5) is 12.2. The van der Waals surface area contributed by atoms with Gasteiger partial charge >= 0.3 is 0 Å². The van der Waals surface area contributed by atoms with E-state index in [1.807, 2.05) is 0 Å². The Labute approximate surface area is 194 Å². The summed E-state index contributed by atoms with van der Waals surface area (Å²) in [6.45, 7) is 11.2. The summed E-state index contributed by atoms with van der Waals surface area (Å²) in [7, 11) is 0. The van der Waals surface area contributed by atoms with Crippen molar-refractivity contribution in [2.45, 2.75) is 110 Å². The minimum Gasteiger partial charge on any atom is -0.370 e. The molecule has 2 spiro atoms. The van der Waals surface area contributed by atoms with Crippen LogP contribution in [0.1, 0.15) is 91.9 Å². The third-order valence-corrected chi connectivity index (χ3v) is 12.7. The molecule has 32 heavy (non-hydrogen) atoms. The Balaban J connectivity index is 1.20. The number of carbonyl (C=O) groups is 1. The molecule has 5 aliphatic carbocycles. The Bertz CT molecular complexity index is 896. The standard InChI is InChI=1S/C29H43NO2/c1-17-11-24-25(30-14-17)18(2)29(32-24)10-8-22-21-6-5-19-12-20(31)7-9-27(19,4)23(21)13-28(22)15-26(28,3)16-29/h12,17-18,21-25,30H,5-11,13-16H2,1-4H3/t17-,18+,21?,22-,23-,24+,25-,26?,27-,28?,29-/m0/s1. The van der Waals surface area contributed by atoms with Crippen LogP contribution in [0.3, 0.4) is 0 Å². The molecule has 0 aromatic carbocycles. The summed E-state index contributed by atoms with van der Waals surface area (Å²) in [5, 5.41) is 3.89. The Morgan fingerprint density at radius 1 is 1.06 bits per heavy atom. The Hall–Kier alpha value is -0.670. The fourth-order valence-corrected chi connectivity index (χ4v) is 10.9. The van der Waals surface area contributed by atoms with Crippen LogP contribution in [0.4, 0.5) is 0 Å². The van der Waals surface area contributed by atoms with Crippen molar-refractivity contribution in [2.75, 3.05) is 6.54 Å². The highest BCUT2D eigenvalue weighted by atomic mass is 16.5. The Morgan fingerprint density at radius 3 is 2.75 bits per heavy atom. The molecule has 11 atom stereocenters. The molecule has 3 unspecified atom stereocenters. The number of fused-ring (bicyclic) bond motifs is 5. The molecule has 3 nitrogen and oxygen atoms in total. The Morgan fingerprint density at radius 2 is 1.91 bits per heavy atom. The van der Waals surface area contributed by atoms with Gasteiger partial charge in [-0.3, -0.25) is 4.79 Å². The fraction of sp³-hybridized carbons (Fsp3) is 0.897. The molecule has 0 aromatic rings. The normalized spacial score (nSPS) is 60.6. The van der Waals surface area contributed by atoms with Crippen molar-refractivity contribution < 1.29 is 9.53 Å². The highest BCUT2D eigenvalue weighted by molar-refractivity contribution is 5.91. The molecule has 7 aliphatic rings. The van der Waals surface area contributed by atoms with E-state index in [1.54, 1.807) is 0 Å². The molecule has 0 bridgehead atoms. The molecule has 4 saturated carbocycles. The lowest BCUT2D eigenvalue weighted by molar-refractivity contribution is -0.116. The lowest BCUT2D eigenvalue weighted by atomic mass is 9.56. The van der Waals surface area contributed by atoms with Crippen molar-refractivity contribution >= 4 is 5.78 Å². The number of allylic oxidation sites excluding steroid dienone is 2. The molecule has 6 fully saturated rings. The van der Waals surface area contributed by atoms with Crippen LogP contribution in [0.5, 0.6) is 0 Å². The van der Waals surface area contributed by atoms with Gasteiger partial charge in [-0.15, -0.1) is 0 Å². The van der Waals surface area contributed by atoms with Gasteiger partial charge in [-0.1, -0.05) is 33.3 Å². The summed E-state index contributed by atoms with van der Waals surface area (Å²) in [6.07, 6.45) is 14.9. The minimum atomic E-state index is 0.103. The van der Waals surface area contributed by atoms with E-state index in [1.165, 1.54) is 56.9 Å².